The highest BCUT2D eigenvalue weighted by Crippen LogP contribution is 2.23. The Morgan fingerprint density at radius 3 is 2.87 bits per heavy atom. The average molecular weight is 213 g/mol. The highest BCUT2D eigenvalue weighted by molar-refractivity contribution is 4.77. The van der Waals surface area contributed by atoms with Gasteiger partial charge in [-0.05, 0) is 44.6 Å². The number of hydrogen-bond donors (Lipinski definition) is 2. The summed E-state index contributed by atoms with van der Waals surface area (Å²) in [5, 5.41) is 13.1. The van der Waals surface area contributed by atoms with E-state index in [0.717, 1.165) is 32.6 Å². The van der Waals surface area contributed by atoms with Gasteiger partial charge in [0.15, 0.2) is 0 Å². The van der Waals surface area contributed by atoms with E-state index in [1.807, 2.05) is 0 Å². The number of hydrogen-bond acceptors (Lipinski definition) is 3. The van der Waals surface area contributed by atoms with E-state index in [1.54, 1.807) is 0 Å². The molecular formula is C12H23NO2. The van der Waals surface area contributed by atoms with Crippen molar-refractivity contribution in [2.45, 2.75) is 50.7 Å². The molecule has 1 saturated carbocycles. The molecule has 88 valence electrons. The molecule has 15 heavy (non-hydrogen) atoms. The first-order valence-electron chi connectivity index (χ1n) is 6.34. The normalized spacial score (nSPS) is 37.8. The van der Waals surface area contributed by atoms with Gasteiger partial charge in [0.05, 0.1) is 12.7 Å². The third-order valence-electron chi connectivity index (χ3n) is 3.61. The molecule has 2 aliphatic rings. The minimum absolute atomic E-state index is 0.0480. The fourth-order valence-electron chi connectivity index (χ4n) is 2.68. The molecule has 3 heteroatoms. The molecule has 1 aliphatic heterocycles. The van der Waals surface area contributed by atoms with Crippen molar-refractivity contribution in [2.75, 3.05) is 19.8 Å². The maximum Gasteiger partial charge on any atom is 0.0619 e. The zero-order valence-electron chi connectivity index (χ0n) is 9.45. The van der Waals surface area contributed by atoms with Gasteiger partial charge in [0.2, 0.25) is 0 Å². The topological polar surface area (TPSA) is 41.5 Å². The Labute approximate surface area is 92.2 Å². The smallest absolute Gasteiger partial charge is 0.0619 e. The van der Waals surface area contributed by atoms with Crippen molar-refractivity contribution in [1.29, 1.82) is 0 Å². The highest BCUT2D eigenvalue weighted by Gasteiger charge is 2.21. The van der Waals surface area contributed by atoms with Gasteiger partial charge in [0.25, 0.3) is 0 Å². The van der Waals surface area contributed by atoms with Crippen LogP contribution in [0, 0.1) is 5.92 Å². The molecule has 2 fully saturated rings. The van der Waals surface area contributed by atoms with Crippen LogP contribution in [0.1, 0.15) is 38.5 Å². The summed E-state index contributed by atoms with van der Waals surface area (Å²) in [7, 11) is 0. The highest BCUT2D eigenvalue weighted by atomic mass is 16.5. The van der Waals surface area contributed by atoms with Crippen LogP contribution in [-0.4, -0.2) is 37.0 Å². The van der Waals surface area contributed by atoms with Crippen LogP contribution < -0.4 is 5.32 Å². The predicted octanol–water partition coefficient (Wildman–Crippen LogP) is 1.31. The number of nitrogens with one attached hydrogen (secondary N) is 1. The van der Waals surface area contributed by atoms with E-state index in [4.69, 9.17) is 4.74 Å². The first kappa shape index (κ1) is 11.4. The van der Waals surface area contributed by atoms with Crippen LogP contribution in [0.15, 0.2) is 0 Å². The lowest BCUT2D eigenvalue weighted by Crippen LogP contribution is -2.40. The average Bonchev–Trinajstić information content (AvgIpc) is 2.28. The summed E-state index contributed by atoms with van der Waals surface area (Å²) >= 11 is 0. The van der Waals surface area contributed by atoms with Crippen LogP contribution in [-0.2, 0) is 4.74 Å². The van der Waals surface area contributed by atoms with E-state index in [1.165, 1.54) is 25.7 Å². The lowest BCUT2D eigenvalue weighted by molar-refractivity contribution is 0.0631. The molecule has 0 spiro atoms. The number of aliphatic hydroxyl groups is 1. The van der Waals surface area contributed by atoms with E-state index >= 15 is 0 Å². The summed E-state index contributed by atoms with van der Waals surface area (Å²) in [6.45, 7) is 2.86. The molecule has 3 atom stereocenters. The molecule has 3 nitrogen and oxygen atoms in total. The quantitative estimate of drug-likeness (QED) is 0.742. The third-order valence-corrected chi connectivity index (χ3v) is 3.61. The molecule has 0 aromatic rings. The van der Waals surface area contributed by atoms with Crippen molar-refractivity contribution in [1.82, 2.24) is 5.32 Å². The third kappa shape index (κ3) is 3.74. The molecular weight excluding hydrogens is 190 g/mol. The van der Waals surface area contributed by atoms with E-state index in [2.05, 4.69) is 5.32 Å². The van der Waals surface area contributed by atoms with Gasteiger partial charge in [-0.1, -0.05) is 6.42 Å². The van der Waals surface area contributed by atoms with Crippen LogP contribution in [0.25, 0.3) is 0 Å². The van der Waals surface area contributed by atoms with Crippen molar-refractivity contribution in [3.63, 3.8) is 0 Å². The summed E-state index contributed by atoms with van der Waals surface area (Å²) < 4.78 is 5.43. The minimum Gasteiger partial charge on any atom is -0.393 e. The molecule has 3 unspecified atom stereocenters. The van der Waals surface area contributed by atoms with Gasteiger partial charge in [0, 0.05) is 12.6 Å². The molecule has 1 saturated heterocycles. The van der Waals surface area contributed by atoms with Crippen molar-refractivity contribution < 1.29 is 9.84 Å². The monoisotopic (exact) mass is 213 g/mol. The van der Waals surface area contributed by atoms with Gasteiger partial charge in [-0.2, -0.15) is 0 Å². The predicted molar refractivity (Wildman–Crippen MR) is 59.8 cm³/mol. The number of rotatable bonds is 3. The van der Waals surface area contributed by atoms with Crippen LogP contribution in [0.3, 0.4) is 0 Å². The first-order chi connectivity index (χ1) is 7.34. The Kier molecular flexibility index (Phi) is 4.42. The summed E-state index contributed by atoms with van der Waals surface area (Å²) in [6, 6.07) is 0.554. The molecule has 0 aromatic carbocycles. The van der Waals surface area contributed by atoms with Gasteiger partial charge >= 0.3 is 0 Å². The van der Waals surface area contributed by atoms with Crippen molar-refractivity contribution in [3.8, 4) is 0 Å². The molecule has 0 amide bonds. The van der Waals surface area contributed by atoms with Gasteiger partial charge in [-0.3, -0.25) is 0 Å². The number of aliphatic hydroxyl groups excluding tert-OH is 1. The van der Waals surface area contributed by atoms with Crippen molar-refractivity contribution in [2.24, 2.45) is 5.92 Å². The molecule has 1 heterocycles. The Bertz CT molecular complexity index is 180. The molecule has 0 bridgehead atoms. The minimum atomic E-state index is -0.0480. The van der Waals surface area contributed by atoms with Gasteiger partial charge in [-0.15, -0.1) is 0 Å². The Balaban J connectivity index is 1.63. The van der Waals surface area contributed by atoms with E-state index < -0.39 is 0 Å². The first-order valence-corrected chi connectivity index (χ1v) is 6.34. The molecule has 2 rings (SSSR count). The van der Waals surface area contributed by atoms with Crippen LogP contribution in [0.4, 0.5) is 0 Å². The summed E-state index contributed by atoms with van der Waals surface area (Å²) in [6.07, 6.45) is 6.84. The van der Waals surface area contributed by atoms with Crippen LogP contribution in [0.5, 0.6) is 0 Å². The van der Waals surface area contributed by atoms with Crippen molar-refractivity contribution in [3.05, 3.63) is 0 Å². The zero-order valence-corrected chi connectivity index (χ0v) is 9.45. The van der Waals surface area contributed by atoms with E-state index in [0.29, 0.717) is 12.0 Å². The molecule has 2 N–H and O–H groups in total. The fourth-order valence-corrected chi connectivity index (χ4v) is 2.68. The molecule has 0 radical (unpaired) electrons. The SMILES string of the molecule is OC1CCCC(CNC2CCCOC2)C1. The van der Waals surface area contributed by atoms with Crippen LogP contribution >= 0.6 is 0 Å². The standard InChI is InChI=1S/C12H23NO2/c14-12-5-1-3-10(7-12)8-13-11-4-2-6-15-9-11/h10-14H,1-9H2. The second-order valence-electron chi connectivity index (χ2n) is 5.01. The van der Waals surface area contributed by atoms with E-state index in [-0.39, 0.29) is 6.10 Å². The Hall–Kier alpha value is -0.120. The van der Waals surface area contributed by atoms with Crippen molar-refractivity contribution >= 4 is 0 Å². The summed E-state index contributed by atoms with van der Waals surface area (Å²) in [5.41, 5.74) is 0. The van der Waals surface area contributed by atoms with E-state index in [9.17, 15) is 5.11 Å². The second kappa shape index (κ2) is 5.83. The lowest BCUT2D eigenvalue weighted by atomic mass is 9.87. The maximum absolute atomic E-state index is 9.56. The fraction of sp³-hybridized carbons (Fsp3) is 1.00. The Morgan fingerprint density at radius 1 is 1.20 bits per heavy atom. The van der Waals surface area contributed by atoms with Gasteiger partial charge in [-0.25, -0.2) is 0 Å². The molecule has 0 aromatic heterocycles. The zero-order chi connectivity index (χ0) is 10.5. The maximum atomic E-state index is 9.56. The summed E-state index contributed by atoms with van der Waals surface area (Å²) in [4.78, 5) is 0. The summed E-state index contributed by atoms with van der Waals surface area (Å²) in [5.74, 6) is 0.677. The lowest BCUT2D eigenvalue weighted by Gasteiger charge is -2.29. The Morgan fingerprint density at radius 2 is 2.13 bits per heavy atom. The van der Waals surface area contributed by atoms with Gasteiger partial charge in [0.1, 0.15) is 0 Å². The van der Waals surface area contributed by atoms with Gasteiger partial charge < -0.3 is 15.2 Å². The largest absolute Gasteiger partial charge is 0.393 e. The second-order valence-corrected chi connectivity index (χ2v) is 5.01. The number of ether oxygens (including phenoxy) is 1. The van der Waals surface area contributed by atoms with Crippen LogP contribution in [0.2, 0.25) is 0 Å². The molecule has 1 aliphatic carbocycles.